The highest BCUT2D eigenvalue weighted by atomic mass is 35.5. The molecule has 0 aliphatic rings. The lowest BCUT2D eigenvalue weighted by atomic mass is 10.1. The van der Waals surface area contributed by atoms with Crippen molar-refractivity contribution in [2.75, 3.05) is 45.2 Å². The van der Waals surface area contributed by atoms with Gasteiger partial charge in [-0.15, -0.1) is 12.4 Å². The Balaban J connectivity index is 0.00000512. The molecule has 2 aromatic carbocycles. The fourth-order valence-electron chi connectivity index (χ4n) is 2.93. The van der Waals surface area contributed by atoms with E-state index < -0.39 is 0 Å². The zero-order valence-corrected chi connectivity index (χ0v) is 20.4. The van der Waals surface area contributed by atoms with Gasteiger partial charge in [0.1, 0.15) is 11.5 Å². The Bertz CT molecular complexity index is 888. The Hall–Kier alpha value is -2.48. The average molecular weight is 484 g/mol. The van der Waals surface area contributed by atoms with Crippen molar-refractivity contribution >= 4 is 41.5 Å². The topological polar surface area (TPSA) is 79.9 Å². The molecule has 0 aliphatic carbocycles. The van der Waals surface area contributed by atoms with Gasteiger partial charge in [-0.05, 0) is 38.2 Å². The predicted molar refractivity (Wildman–Crippen MR) is 131 cm³/mol. The van der Waals surface area contributed by atoms with E-state index in [1.54, 1.807) is 12.1 Å². The normalized spacial score (nSPS) is 10.3. The van der Waals surface area contributed by atoms with Crippen LogP contribution in [0.25, 0.3) is 0 Å². The standard InChI is InChI=1S/C23H30ClN3O4.ClH/c1-5-27(6-2)12-11-25-23(29)18-13-19(24)20(14-21(18)30-4)26-22(28)15-31-17-9-7-16(3)8-10-17;/h7-10,13-14H,5-6,11-12,15H2,1-4H3,(H,25,29)(H,26,28);1H. The van der Waals surface area contributed by atoms with E-state index in [4.69, 9.17) is 21.1 Å². The summed E-state index contributed by atoms with van der Waals surface area (Å²) in [5.41, 5.74) is 1.75. The molecule has 0 atom stereocenters. The van der Waals surface area contributed by atoms with Gasteiger partial charge >= 0.3 is 0 Å². The third-order valence-electron chi connectivity index (χ3n) is 4.81. The first-order chi connectivity index (χ1) is 14.9. The summed E-state index contributed by atoms with van der Waals surface area (Å²) >= 11 is 6.31. The Kier molecular flexibility index (Phi) is 11.9. The summed E-state index contributed by atoms with van der Waals surface area (Å²) < 4.78 is 10.8. The van der Waals surface area contributed by atoms with Crippen LogP contribution in [0.4, 0.5) is 5.69 Å². The maximum atomic E-state index is 12.6. The minimum Gasteiger partial charge on any atom is -0.496 e. The lowest BCUT2D eigenvalue weighted by molar-refractivity contribution is -0.118. The zero-order chi connectivity index (χ0) is 22.8. The number of nitrogens with zero attached hydrogens (tertiary/aromatic N) is 1. The van der Waals surface area contributed by atoms with Crippen molar-refractivity contribution in [3.8, 4) is 11.5 Å². The molecule has 176 valence electrons. The zero-order valence-electron chi connectivity index (χ0n) is 18.9. The van der Waals surface area contributed by atoms with Gasteiger partial charge in [-0.1, -0.05) is 43.1 Å². The number of aryl methyl sites for hydroxylation is 1. The molecule has 0 heterocycles. The molecule has 2 N–H and O–H groups in total. The quantitative estimate of drug-likeness (QED) is 0.501. The van der Waals surface area contributed by atoms with Gasteiger partial charge in [-0.25, -0.2) is 0 Å². The first-order valence-corrected chi connectivity index (χ1v) is 10.6. The predicted octanol–water partition coefficient (Wildman–Crippen LogP) is 4.17. The van der Waals surface area contributed by atoms with Crippen LogP contribution in [-0.4, -0.2) is 56.6 Å². The van der Waals surface area contributed by atoms with Crippen LogP contribution in [0.2, 0.25) is 5.02 Å². The second kappa shape index (κ2) is 13.8. The van der Waals surface area contributed by atoms with Gasteiger partial charge in [-0.3, -0.25) is 9.59 Å². The SMILES string of the molecule is CCN(CC)CCNC(=O)c1cc(Cl)c(NC(=O)COc2ccc(C)cc2)cc1OC.Cl. The Morgan fingerprint density at radius 2 is 1.75 bits per heavy atom. The summed E-state index contributed by atoms with van der Waals surface area (Å²) in [6.07, 6.45) is 0. The van der Waals surface area contributed by atoms with E-state index in [-0.39, 0.29) is 35.9 Å². The number of anilines is 1. The van der Waals surface area contributed by atoms with Crippen molar-refractivity contribution in [1.29, 1.82) is 0 Å². The minimum absolute atomic E-state index is 0. The number of carbonyl (C=O) groups is 2. The van der Waals surface area contributed by atoms with E-state index in [1.165, 1.54) is 19.2 Å². The minimum atomic E-state index is -0.374. The molecule has 2 rings (SSSR count). The van der Waals surface area contributed by atoms with Gasteiger partial charge in [0.25, 0.3) is 11.8 Å². The van der Waals surface area contributed by atoms with Crippen molar-refractivity contribution in [2.45, 2.75) is 20.8 Å². The number of rotatable bonds is 11. The van der Waals surface area contributed by atoms with Crippen LogP contribution in [-0.2, 0) is 4.79 Å². The molecule has 0 aromatic heterocycles. The van der Waals surface area contributed by atoms with E-state index in [0.717, 1.165) is 25.2 Å². The Morgan fingerprint density at radius 1 is 1.09 bits per heavy atom. The third kappa shape index (κ3) is 8.22. The van der Waals surface area contributed by atoms with Crippen molar-refractivity contribution < 1.29 is 19.1 Å². The van der Waals surface area contributed by atoms with Crippen LogP contribution in [0.5, 0.6) is 11.5 Å². The second-order valence-corrected chi connectivity index (χ2v) is 7.37. The summed E-state index contributed by atoms with van der Waals surface area (Å²) in [4.78, 5) is 27.1. The van der Waals surface area contributed by atoms with Crippen LogP contribution in [0.3, 0.4) is 0 Å². The second-order valence-electron chi connectivity index (χ2n) is 6.97. The Labute approximate surface area is 200 Å². The molecule has 0 radical (unpaired) electrons. The molecule has 2 aromatic rings. The number of carbonyl (C=O) groups excluding carboxylic acids is 2. The number of amides is 2. The summed E-state index contributed by atoms with van der Waals surface area (Å²) in [5, 5.41) is 5.80. The summed E-state index contributed by atoms with van der Waals surface area (Å²) in [5.74, 6) is 0.257. The molecular weight excluding hydrogens is 453 g/mol. The number of likely N-dealkylation sites (N-methyl/N-ethyl adjacent to an activating group) is 1. The maximum Gasteiger partial charge on any atom is 0.262 e. The van der Waals surface area contributed by atoms with Gasteiger partial charge in [0.05, 0.1) is 23.4 Å². The molecule has 0 unspecified atom stereocenters. The third-order valence-corrected chi connectivity index (χ3v) is 5.12. The molecule has 0 aliphatic heterocycles. The lowest BCUT2D eigenvalue weighted by Gasteiger charge is -2.18. The molecule has 0 spiro atoms. The number of hydrogen-bond acceptors (Lipinski definition) is 5. The monoisotopic (exact) mass is 483 g/mol. The fraction of sp³-hybridized carbons (Fsp3) is 0.391. The molecule has 0 saturated carbocycles. The molecule has 0 fully saturated rings. The van der Waals surface area contributed by atoms with E-state index in [1.807, 2.05) is 19.1 Å². The van der Waals surface area contributed by atoms with Crippen LogP contribution in [0.1, 0.15) is 29.8 Å². The summed E-state index contributed by atoms with van der Waals surface area (Å²) in [7, 11) is 1.46. The van der Waals surface area contributed by atoms with E-state index >= 15 is 0 Å². The van der Waals surface area contributed by atoms with Crippen molar-refractivity contribution in [3.63, 3.8) is 0 Å². The highest BCUT2D eigenvalue weighted by Crippen LogP contribution is 2.31. The number of benzene rings is 2. The number of ether oxygens (including phenoxy) is 2. The van der Waals surface area contributed by atoms with Crippen LogP contribution < -0.4 is 20.1 Å². The van der Waals surface area contributed by atoms with Crippen molar-refractivity contribution in [2.24, 2.45) is 0 Å². The van der Waals surface area contributed by atoms with E-state index in [2.05, 4.69) is 29.4 Å². The van der Waals surface area contributed by atoms with Crippen LogP contribution >= 0.6 is 24.0 Å². The fourth-order valence-corrected chi connectivity index (χ4v) is 3.14. The molecule has 32 heavy (non-hydrogen) atoms. The van der Waals surface area contributed by atoms with Gasteiger partial charge in [0.2, 0.25) is 0 Å². The molecular formula is C23H31Cl2N3O4. The van der Waals surface area contributed by atoms with Gasteiger partial charge in [0, 0.05) is 19.2 Å². The van der Waals surface area contributed by atoms with Gasteiger partial charge in [0.15, 0.2) is 6.61 Å². The Morgan fingerprint density at radius 3 is 2.34 bits per heavy atom. The maximum absolute atomic E-state index is 12.6. The van der Waals surface area contributed by atoms with E-state index in [9.17, 15) is 9.59 Å². The molecule has 2 amide bonds. The molecule has 9 heteroatoms. The average Bonchev–Trinajstić information content (AvgIpc) is 2.77. The largest absolute Gasteiger partial charge is 0.496 e. The van der Waals surface area contributed by atoms with Crippen molar-refractivity contribution in [3.05, 3.63) is 52.5 Å². The van der Waals surface area contributed by atoms with Crippen LogP contribution in [0.15, 0.2) is 36.4 Å². The first-order valence-electron chi connectivity index (χ1n) is 10.2. The van der Waals surface area contributed by atoms with Gasteiger partial charge < -0.3 is 25.0 Å². The lowest BCUT2D eigenvalue weighted by Crippen LogP contribution is -2.35. The number of nitrogens with one attached hydrogen (secondary N) is 2. The number of halogens is 2. The number of methoxy groups -OCH3 is 1. The van der Waals surface area contributed by atoms with Crippen LogP contribution in [0, 0.1) is 6.92 Å². The number of hydrogen-bond donors (Lipinski definition) is 2. The molecule has 0 bridgehead atoms. The highest BCUT2D eigenvalue weighted by Gasteiger charge is 2.17. The van der Waals surface area contributed by atoms with E-state index in [0.29, 0.717) is 29.3 Å². The molecule has 7 nitrogen and oxygen atoms in total. The molecule has 0 saturated heterocycles. The summed E-state index contributed by atoms with van der Waals surface area (Å²) in [6, 6.07) is 10.4. The van der Waals surface area contributed by atoms with Crippen molar-refractivity contribution in [1.82, 2.24) is 10.2 Å². The first kappa shape index (κ1) is 27.6. The summed E-state index contributed by atoms with van der Waals surface area (Å²) in [6.45, 7) is 9.06. The van der Waals surface area contributed by atoms with Gasteiger partial charge in [-0.2, -0.15) is 0 Å². The highest BCUT2D eigenvalue weighted by molar-refractivity contribution is 6.34. The smallest absolute Gasteiger partial charge is 0.262 e.